The lowest BCUT2D eigenvalue weighted by atomic mass is 10.1. The smallest absolute Gasteiger partial charge is 0.241 e. The number of nitrogens with one attached hydrogen (secondary N) is 2. The van der Waals surface area contributed by atoms with E-state index in [1.807, 2.05) is 18.2 Å². The Balaban J connectivity index is 0.00000450. The van der Waals surface area contributed by atoms with Gasteiger partial charge >= 0.3 is 0 Å². The van der Waals surface area contributed by atoms with Crippen molar-refractivity contribution in [1.29, 1.82) is 0 Å². The summed E-state index contributed by atoms with van der Waals surface area (Å²) in [4.78, 5) is 20.7. The minimum atomic E-state index is 0. The molecule has 0 saturated carbocycles. The Morgan fingerprint density at radius 3 is 2.50 bits per heavy atom. The minimum absolute atomic E-state index is 0. The summed E-state index contributed by atoms with van der Waals surface area (Å²) in [6.07, 6.45) is 2.39. The van der Waals surface area contributed by atoms with Crippen molar-refractivity contribution in [2.24, 2.45) is 4.99 Å². The standard InChI is InChI=1S/C22H37N5O2.HI/c1-18(2)29-15-14-27-12-10-20(11-13-27)25-22(24-17-21(28)26(3)4)23-16-19-8-6-5-7-9-19;/h5-9,18,20H,10-17H2,1-4H3,(H2,23,24,25);1H. The lowest BCUT2D eigenvalue weighted by Crippen LogP contribution is -2.50. The van der Waals surface area contributed by atoms with Gasteiger partial charge in [0.25, 0.3) is 0 Å². The molecule has 7 nitrogen and oxygen atoms in total. The number of piperidine rings is 1. The maximum atomic E-state index is 12.0. The summed E-state index contributed by atoms with van der Waals surface area (Å²) in [6.45, 7) is 8.81. The first kappa shape index (κ1) is 26.6. The van der Waals surface area contributed by atoms with Crippen LogP contribution in [-0.4, -0.2) is 80.7 Å². The van der Waals surface area contributed by atoms with Gasteiger partial charge in [0.05, 0.1) is 25.8 Å². The minimum Gasteiger partial charge on any atom is -0.377 e. The van der Waals surface area contributed by atoms with E-state index in [1.165, 1.54) is 0 Å². The zero-order valence-electron chi connectivity index (χ0n) is 18.8. The van der Waals surface area contributed by atoms with Crippen LogP contribution in [0, 0.1) is 0 Å². The van der Waals surface area contributed by atoms with Crippen LogP contribution < -0.4 is 10.6 Å². The van der Waals surface area contributed by atoms with E-state index in [1.54, 1.807) is 19.0 Å². The molecule has 8 heteroatoms. The van der Waals surface area contributed by atoms with Crippen LogP contribution in [0.1, 0.15) is 32.3 Å². The number of benzene rings is 1. The third-order valence-corrected chi connectivity index (χ3v) is 4.96. The van der Waals surface area contributed by atoms with Gasteiger partial charge in [-0.05, 0) is 32.3 Å². The van der Waals surface area contributed by atoms with Crippen LogP contribution in [0.5, 0.6) is 0 Å². The van der Waals surface area contributed by atoms with Crippen LogP contribution >= 0.6 is 24.0 Å². The Bertz CT molecular complexity index is 632. The van der Waals surface area contributed by atoms with Gasteiger partial charge in [0.2, 0.25) is 5.91 Å². The predicted molar refractivity (Wildman–Crippen MR) is 133 cm³/mol. The van der Waals surface area contributed by atoms with E-state index in [2.05, 4.69) is 41.5 Å². The molecule has 30 heavy (non-hydrogen) atoms. The van der Waals surface area contributed by atoms with Crippen molar-refractivity contribution in [3.05, 3.63) is 35.9 Å². The van der Waals surface area contributed by atoms with Gasteiger partial charge in [0.1, 0.15) is 0 Å². The van der Waals surface area contributed by atoms with E-state index >= 15 is 0 Å². The highest BCUT2D eigenvalue weighted by Crippen LogP contribution is 2.10. The third kappa shape index (κ3) is 10.6. The molecule has 0 aliphatic carbocycles. The number of hydrogen-bond acceptors (Lipinski definition) is 4. The Morgan fingerprint density at radius 1 is 1.23 bits per heavy atom. The fourth-order valence-corrected chi connectivity index (χ4v) is 3.14. The Kier molecular flexibility index (Phi) is 13.0. The number of likely N-dealkylation sites (tertiary alicyclic amines) is 1. The molecule has 0 spiro atoms. The predicted octanol–water partition coefficient (Wildman–Crippen LogP) is 2.32. The summed E-state index contributed by atoms with van der Waals surface area (Å²) in [5.74, 6) is 0.727. The van der Waals surface area contributed by atoms with Gasteiger partial charge in [-0.3, -0.25) is 4.79 Å². The molecule has 2 rings (SSSR count). The molecule has 170 valence electrons. The number of likely N-dealkylation sites (N-methyl/N-ethyl adjacent to an activating group) is 1. The van der Waals surface area contributed by atoms with Gasteiger partial charge in [-0.2, -0.15) is 0 Å². The lowest BCUT2D eigenvalue weighted by Gasteiger charge is -2.33. The highest BCUT2D eigenvalue weighted by atomic mass is 127. The van der Waals surface area contributed by atoms with Crippen LogP contribution in [0.2, 0.25) is 0 Å². The normalized spacial score (nSPS) is 15.6. The quantitative estimate of drug-likeness (QED) is 0.291. The topological polar surface area (TPSA) is 69.2 Å². The van der Waals surface area contributed by atoms with E-state index in [9.17, 15) is 4.79 Å². The highest BCUT2D eigenvalue weighted by Gasteiger charge is 2.20. The SMILES string of the molecule is CC(C)OCCN1CCC(NC(=NCc2ccccc2)NCC(=O)N(C)C)CC1.I. The number of rotatable bonds is 9. The molecular formula is C22H38IN5O2. The number of hydrogen-bond donors (Lipinski definition) is 2. The number of nitrogens with zero attached hydrogens (tertiary/aromatic N) is 3. The van der Waals surface area contributed by atoms with Gasteiger partial charge in [-0.25, -0.2) is 4.99 Å². The summed E-state index contributed by atoms with van der Waals surface area (Å²) < 4.78 is 5.66. The summed E-state index contributed by atoms with van der Waals surface area (Å²) >= 11 is 0. The van der Waals surface area contributed by atoms with Crippen molar-refractivity contribution in [3.8, 4) is 0 Å². The van der Waals surface area contributed by atoms with Crippen molar-refractivity contribution in [2.45, 2.75) is 45.4 Å². The van der Waals surface area contributed by atoms with Gasteiger partial charge in [-0.1, -0.05) is 30.3 Å². The fourth-order valence-electron chi connectivity index (χ4n) is 3.14. The summed E-state index contributed by atoms with van der Waals surface area (Å²) in [6, 6.07) is 10.5. The number of halogens is 1. The molecular weight excluding hydrogens is 493 g/mol. The molecule has 1 fully saturated rings. The Morgan fingerprint density at radius 2 is 1.90 bits per heavy atom. The molecule has 0 bridgehead atoms. The second-order valence-corrected chi connectivity index (χ2v) is 7.97. The zero-order chi connectivity index (χ0) is 21.1. The molecule has 1 aliphatic rings. The second kappa shape index (κ2) is 14.6. The number of ether oxygens (including phenoxy) is 1. The number of carbonyl (C=O) groups excluding carboxylic acids is 1. The molecule has 1 heterocycles. The van der Waals surface area contributed by atoms with Gasteiger partial charge in [0, 0.05) is 39.8 Å². The van der Waals surface area contributed by atoms with Crippen molar-refractivity contribution >= 4 is 35.8 Å². The summed E-state index contributed by atoms with van der Waals surface area (Å²) in [5.41, 5.74) is 1.15. The van der Waals surface area contributed by atoms with Crippen molar-refractivity contribution in [3.63, 3.8) is 0 Å². The molecule has 0 radical (unpaired) electrons. The largest absolute Gasteiger partial charge is 0.377 e. The van der Waals surface area contributed by atoms with Crippen molar-refractivity contribution in [1.82, 2.24) is 20.4 Å². The molecule has 2 N–H and O–H groups in total. The van der Waals surface area contributed by atoms with E-state index < -0.39 is 0 Å². The highest BCUT2D eigenvalue weighted by molar-refractivity contribution is 14.0. The average molecular weight is 531 g/mol. The molecule has 1 aromatic carbocycles. The first-order valence-corrected chi connectivity index (χ1v) is 10.6. The molecule has 0 atom stereocenters. The van der Waals surface area contributed by atoms with Gasteiger partial charge in [-0.15, -0.1) is 24.0 Å². The maximum Gasteiger partial charge on any atom is 0.241 e. The van der Waals surface area contributed by atoms with Gasteiger partial charge in [0.15, 0.2) is 5.96 Å². The number of guanidine groups is 1. The zero-order valence-corrected chi connectivity index (χ0v) is 21.1. The van der Waals surface area contributed by atoms with Crippen LogP contribution in [-0.2, 0) is 16.1 Å². The Labute approximate surface area is 198 Å². The van der Waals surface area contributed by atoms with Gasteiger partial charge < -0.3 is 25.2 Å². The van der Waals surface area contributed by atoms with E-state index in [-0.39, 0.29) is 42.5 Å². The number of amides is 1. The molecule has 0 unspecified atom stereocenters. The molecule has 0 aromatic heterocycles. The molecule has 1 saturated heterocycles. The maximum absolute atomic E-state index is 12.0. The van der Waals surface area contributed by atoms with Crippen molar-refractivity contribution < 1.29 is 9.53 Å². The monoisotopic (exact) mass is 531 g/mol. The summed E-state index contributed by atoms with van der Waals surface area (Å²) in [5, 5.41) is 6.72. The first-order chi connectivity index (χ1) is 13.9. The lowest BCUT2D eigenvalue weighted by molar-refractivity contribution is -0.127. The Hall–Kier alpha value is -1.39. The van der Waals surface area contributed by atoms with Crippen LogP contribution in [0.15, 0.2) is 35.3 Å². The summed E-state index contributed by atoms with van der Waals surface area (Å²) in [7, 11) is 3.52. The third-order valence-electron chi connectivity index (χ3n) is 4.96. The molecule has 1 amide bonds. The van der Waals surface area contributed by atoms with Crippen LogP contribution in [0.3, 0.4) is 0 Å². The number of aliphatic imine (C=N–C) groups is 1. The fraction of sp³-hybridized carbons (Fsp3) is 0.636. The molecule has 1 aromatic rings. The first-order valence-electron chi connectivity index (χ1n) is 10.6. The van der Waals surface area contributed by atoms with E-state index in [0.29, 0.717) is 18.5 Å². The van der Waals surface area contributed by atoms with Crippen LogP contribution in [0.4, 0.5) is 0 Å². The molecule has 1 aliphatic heterocycles. The average Bonchev–Trinajstić information content (AvgIpc) is 2.71. The van der Waals surface area contributed by atoms with E-state index in [0.717, 1.165) is 44.6 Å². The van der Waals surface area contributed by atoms with E-state index in [4.69, 9.17) is 9.73 Å². The second-order valence-electron chi connectivity index (χ2n) is 7.97. The number of carbonyl (C=O) groups is 1. The van der Waals surface area contributed by atoms with Crippen LogP contribution in [0.25, 0.3) is 0 Å². The van der Waals surface area contributed by atoms with Crippen molar-refractivity contribution in [2.75, 3.05) is 46.9 Å².